The Morgan fingerprint density at radius 2 is 1.95 bits per heavy atom. The molecule has 0 saturated heterocycles. The summed E-state index contributed by atoms with van der Waals surface area (Å²) in [5.74, 6) is 0.814. The lowest BCUT2D eigenvalue weighted by atomic mass is 10.2. The van der Waals surface area contributed by atoms with Gasteiger partial charge in [0, 0.05) is 18.8 Å². The Labute approximate surface area is 119 Å². The standard InChI is InChI=1S/C12H14N4O3S/c1-13-12-16-15-11(20-12)10(17)14-7-4-5-8(18-2)9(6-7)19-3/h4-6H,1-3H3,(H,13,16)(H,14,17). The first-order valence-corrected chi connectivity index (χ1v) is 6.54. The number of benzene rings is 1. The number of carbonyl (C=O) groups is 1. The molecule has 0 aliphatic carbocycles. The summed E-state index contributed by atoms with van der Waals surface area (Å²) in [4.78, 5) is 12.0. The molecule has 1 aromatic heterocycles. The van der Waals surface area contributed by atoms with Crippen molar-refractivity contribution in [2.24, 2.45) is 0 Å². The summed E-state index contributed by atoms with van der Waals surface area (Å²) in [6, 6.07) is 5.11. The predicted octanol–water partition coefficient (Wildman–Crippen LogP) is 1.85. The van der Waals surface area contributed by atoms with E-state index < -0.39 is 0 Å². The minimum Gasteiger partial charge on any atom is -0.493 e. The molecule has 1 aromatic carbocycles. The second-order valence-corrected chi connectivity index (χ2v) is 4.66. The van der Waals surface area contributed by atoms with Gasteiger partial charge in [-0.25, -0.2) is 0 Å². The first-order chi connectivity index (χ1) is 9.67. The zero-order chi connectivity index (χ0) is 14.5. The highest BCUT2D eigenvalue weighted by Gasteiger charge is 2.13. The number of methoxy groups -OCH3 is 2. The van der Waals surface area contributed by atoms with Crippen LogP contribution in [0.4, 0.5) is 10.8 Å². The van der Waals surface area contributed by atoms with Gasteiger partial charge in [-0.3, -0.25) is 4.79 Å². The molecule has 0 fully saturated rings. The number of nitrogens with one attached hydrogen (secondary N) is 2. The van der Waals surface area contributed by atoms with Crippen LogP contribution in [0.5, 0.6) is 11.5 Å². The Morgan fingerprint density at radius 3 is 2.55 bits per heavy atom. The number of amides is 1. The first-order valence-electron chi connectivity index (χ1n) is 5.72. The molecular formula is C12H14N4O3S. The number of anilines is 2. The topological polar surface area (TPSA) is 85.4 Å². The van der Waals surface area contributed by atoms with E-state index in [9.17, 15) is 4.79 Å². The molecule has 2 rings (SSSR count). The van der Waals surface area contributed by atoms with Crippen LogP contribution in [-0.4, -0.2) is 37.4 Å². The zero-order valence-corrected chi connectivity index (χ0v) is 12.1. The third-order valence-corrected chi connectivity index (χ3v) is 3.41. The molecule has 0 atom stereocenters. The fourth-order valence-corrected chi connectivity index (χ4v) is 2.11. The van der Waals surface area contributed by atoms with E-state index in [0.717, 1.165) is 0 Å². The summed E-state index contributed by atoms with van der Waals surface area (Å²) in [6.45, 7) is 0. The van der Waals surface area contributed by atoms with E-state index in [1.807, 2.05) is 0 Å². The normalized spacial score (nSPS) is 9.95. The lowest BCUT2D eigenvalue weighted by molar-refractivity contribution is 0.102. The molecule has 0 radical (unpaired) electrons. The van der Waals surface area contributed by atoms with Crippen molar-refractivity contribution in [1.29, 1.82) is 0 Å². The van der Waals surface area contributed by atoms with E-state index in [1.165, 1.54) is 18.4 Å². The van der Waals surface area contributed by atoms with Crippen LogP contribution in [0.15, 0.2) is 18.2 Å². The van der Waals surface area contributed by atoms with Crippen LogP contribution in [-0.2, 0) is 0 Å². The summed E-state index contributed by atoms with van der Waals surface area (Å²) in [7, 11) is 4.81. The molecule has 106 valence electrons. The largest absolute Gasteiger partial charge is 0.493 e. The maximum absolute atomic E-state index is 12.0. The molecule has 2 aromatic rings. The molecule has 20 heavy (non-hydrogen) atoms. The van der Waals surface area contributed by atoms with Crippen molar-refractivity contribution in [3.63, 3.8) is 0 Å². The molecule has 7 nitrogen and oxygen atoms in total. The van der Waals surface area contributed by atoms with Gasteiger partial charge in [0.25, 0.3) is 5.91 Å². The van der Waals surface area contributed by atoms with Crippen LogP contribution >= 0.6 is 11.3 Å². The van der Waals surface area contributed by atoms with Crippen LogP contribution in [0.25, 0.3) is 0 Å². The van der Waals surface area contributed by atoms with E-state index in [4.69, 9.17) is 9.47 Å². The molecule has 0 spiro atoms. The molecule has 0 saturated carbocycles. The second kappa shape index (κ2) is 6.20. The van der Waals surface area contributed by atoms with E-state index in [-0.39, 0.29) is 10.9 Å². The maximum Gasteiger partial charge on any atom is 0.286 e. The number of aromatic nitrogens is 2. The van der Waals surface area contributed by atoms with Gasteiger partial charge in [0.15, 0.2) is 11.5 Å². The smallest absolute Gasteiger partial charge is 0.286 e. The molecule has 1 amide bonds. The summed E-state index contributed by atoms with van der Waals surface area (Å²) < 4.78 is 10.3. The lowest BCUT2D eigenvalue weighted by Crippen LogP contribution is -2.11. The van der Waals surface area contributed by atoms with Gasteiger partial charge >= 0.3 is 0 Å². The average Bonchev–Trinajstić information content (AvgIpc) is 2.96. The van der Waals surface area contributed by atoms with Crippen molar-refractivity contribution in [3.05, 3.63) is 23.2 Å². The molecular weight excluding hydrogens is 280 g/mol. The summed E-state index contributed by atoms with van der Waals surface area (Å²) >= 11 is 1.18. The molecule has 8 heteroatoms. The third kappa shape index (κ3) is 2.97. The van der Waals surface area contributed by atoms with Gasteiger partial charge < -0.3 is 20.1 Å². The average molecular weight is 294 g/mol. The van der Waals surface area contributed by atoms with Gasteiger partial charge in [-0.2, -0.15) is 0 Å². The Bertz CT molecular complexity index is 614. The fourth-order valence-electron chi connectivity index (χ4n) is 1.51. The Morgan fingerprint density at radius 1 is 1.20 bits per heavy atom. The Hall–Kier alpha value is -2.35. The molecule has 0 unspecified atom stereocenters. The summed E-state index contributed by atoms with van der Waals surface area (Å²) in [6.07, 6.45) is 0. The third-order valence-electron chi connectivity index (χ3n) is 2.47. The quantitative estimate of drug-likeness (QED) is 0.875. The van der Waals surface area contributed by atoms with Crippen LogP contribution in [0.2, 0.25) is 0 Å². The minimum absolute atomic E-state index is 0.282. The van der Waals surface area contributed by atoms with Crippen LogP contribution in [0.1, 0.15) is 9.80 Å². The SMILES string of the molecule is CNc1nnc(C(=O)Nc2ccc(OC)c(OC)c2)s1. The Kier molecular flexibility index (Phi) is 4.36. The summed E-state index contributed by atoms with van der Waals surface area (Å²) in [5.41, 5.74) is 0.592. The molecule has 2 N–H and O–H groups in total. The second-order valence-electron chi connectivity index (χ2n) is 3.69. The minimum atomic E-state index is -0.323. The predicted molar refractivity (Wildman–Crippen MR) is 77.0 cm³/mol. The number of ether oxygens (including phenoxy) is 2. The van der Waals surface area contributed by atoms with Crippen molar-refractivity contribution >= 4 is 28.1 Å². The highest BCUT2D eigenvalue weighted by atomic mass is 32.1. The molecule has 1 heterocycles. The maximum atomic E-state index is 12.0. The van der Waals surface area contributed by atoms with Gasteiger partial charge in [-0.1, -0.05) is 11.3 Å². The highest BCUT2D eigenvalue weighted by molar-refractivity contribution is 7.17. The molecule has 0 aliphatic rings. The monoisotopic (exact) mass is 294 g/mol. The number of hydrogen-bond donors (Lipinski definition) is 2. The fraction of sp³-hybridized carbons (Fsp3) is 0.250. The highest BCUT2D eigenvalue weighted by Crippen LogP contribution is 2.30. The number of nitrogens with zero attached hydrogens (tertiary/aromatic N) is 2. The van der Waals surface area contributed by atoms with Gasteiger partial charge in [-0.15, -0.1) is 10.2 Å². The number of carbonyl (C=O) groups excluding carboxylic acids is 1. The van der Waals surface area contributed by atoms with Gasteiger partial charge in [0.2, 0.25) is 10.1 Å². The van der Waals surface area contributed by atoms with Crippen LogP contribution in [0.3, 0.4) is 0 Å². The zero-order valence-electron chi connectivity index (χ0n) is 11.3. The lowest BCUT2D eigenvalue weighted by Gasteiger charge is -2.09. The van der Waals surface area contributed by atoms with Gasteiger partial charge in [0.05, 0.1) is 14.2 Å². The van der Waals surface area contributed by atoms with Crippen LogP contribution in [0, 0.1) is 0 Å². The number of hydrogen-bond acceptors (Lipinski definition) is 7. The summed E-state index contributed by atoms with van der Waals surface area (Å²) in [5, 5.41) is 14.0. The Balaban J connectivity index is 2.15. The van der Waals surface area contributed by atoms with E-state index in [0.29, 0.717) is 22.3 Å². The van der Waals surface area contributed by atoms with Gasteiger partial charge in [-0.05, 0) is 12.1 Å². The van der Waals surface area contributed by atoms with Crippen molar-refractivity contribution in [3.8, 4) is 11.5 Å². The van der Waals surface area contributed by atoms with E-state index in [2.05, 4.69) is 20.8 Å². The number of rotatable bonds is 5. The van der Waals surface area contributed by atoms with E-state index >= 15 is 0 Å². The van der Waals surface area contributed by atoms with E-state index in [1.54, 1.807) is 32.4 Å². The van der Waals surface area contributed by atoms with Crippen molar-refractivity contribution in [2.75, 3.05) is 31.9 Å². The van der Waals surface area contributed by atoms with Crippen molar-refractivity contribution in [2.45, 2.75) is 0 Å². The molecule has 0 aliphatic heterocycles. The first kappa shape index (κ1) is 14.1. The van der Waals surface area contributed by atoms with Crippen LogP contribution < -0.4 is 20.1 Å². The van der Waals surface area contributed by atoms with Crippen molar-refractivity contribution in [1.82, 2.24) is 10.2 Å². The van der Waals surface area contributed by atoms with Gasteiger partial charge in [0.1, 0.15) is 0 Å². The van der Waals surface area contributed by atoms with Crippen molar-refractivity contribution < 1.29 is 14.3 Å². The molecule has 0 bridgehead atoms.